The van der Waals surface area contributed by atoms with Crippen LogP contribution in [0.25, 0.3) is 0 Å². The highest BCUT2D eigenvalue weighted by molar-refractivity contribution is 5.85. The Morgan fingerprint density at radius 1 is 0.895 bits per heavy atom. The van der Waals surface area contributed by atoms with Gasteiger partial charge in [0.2, 0.25) is 0 Å². The quantitative estimate of drug-likeness (QED) is 0.505. The molecule has 3 fully saturated rings. The number of fused-ring (bicyclic) bond motifs is 5. The lowest BCUT2D eigenvalue weighted by Gasteiger charge is -2.54. The number of hydrogen-bond acceptors (Lipinski definition) is 0. The Hall–Kier alpha value is 0.0300. The van der Waals surface area contributed by atoms with Crippen LogP contribution in [0.1, 0.15) is 64.7 Å². The van der Waals surface area contributed by atoms with Gasteiger partial charge in [0.15, 0.2) is 0 Å². The summed E-state index contributed by atoms with van der Waals surface area (Å²) in [4.78, 5) is 0. The van der Waals surface area contributed by atoms with Crippen LogP contribution in [0, 0.1) is 35.0 Å². The first-order valence-electron chi connectivity index (χ1n) is 8.46. The number of hydrogen-bond donors (Lipinski definition) is 0. The van der Waals surface area contributed by atoms with E-state index in [1.165, 1.54) is 25.7 Å². The normalized spacial score (nSPS) is 51.7. The third-order valence-corrected chi connectivity index (χ3v) is 7.21. The summed E-state index contributed by atoms with van der Waals surface area (Å²) in [5, 5.41) is 0. The summed E-state index contributed by atoms with van der Waals surface area (Å²) < 4.78 is 0. The van der Waals surface area contributed by atoms with Gasteiger partial charge in [-0.1, -0.05) is 38.3 Å². The van der Waals surface area contributed by atoms with E-state index in [9.17, 15) is 0 Å². The van der Waals surface area contributed by atoms with Crippen LogP contribution in [-0.2, 0) is 0 Å². The van der Waals surface area contributed by atoms with E-state index in [-0.39, 0.29) is 12.4 Å². The fourth-order valence-electron chi connectivity index (χ4n) is 6.31. The van der Waals surface area contributed by atoms with Gasteiger partial charge in [-0.05, 0) is 73.5 Å². The Morgan fingerprint density at radius 3 is 2.63 bits per heavy atom. The highest BCUT2D eigenvalue weighted by Gasteiger charge is 2.51. The molecule has 0 aliphatic heterocycles. The molecule has 0 radical (unpaired) electrons. The summed E-state index contributed by atoms with van der Waals surface area (Å²) in [6, 6.07) is 0. The van der Waals surface area contributed by atoms with E-state index in [2.05, 4.69) is 19.1 Å². The molecule has 0 bridgehead atoms. The Labute approximate surface area is 124 Å². The average Bonchev–Trinajstić information content (AvgIpc) is 2.80. The topological polar surface area (TPSA) is 0 Å². The maximum atomic E-state index is 2.57. The molecular weight excluding hydrogens is 252 g/mol. The molecule has 108 valence electrons. The van der Waals surface area contributed by atoms with Gasteiger partial charge in [0, 0.05) is 0 Å². The Bertz CT molecular complexity index is 361. The van der Waals surface area contributed by atoms with E-state index in [0.717, 1.165) is 29.6 Å². The number of allylic oxidation sites excluding steroid dienone is 2. The maximum Gasteiger partial charge on any atom is -0.0112 e. The summed E-state index contributed by atoms with van der Waals surface area (Å²) in [7, 11) is 0. The Morgan fingerprint density at radius 2 is 1.74 bits per heavy atom. The zero-order valence-corrected chi connectivity index (χ0v) is 13.1. The van der Waals surface area contributed by atoms with Crippen molar-refractivity contribution in [1.82, 2.24) is 0 Å². The van der Waals surface area contributed by atoms with Crippen LogP contribution in [0.5, 0.6) is 0 Å². The third kappa shape index (κ3) is 2.09. The second-order valence-corrected chi connectivity index (χ2v) is 7.90. The zero-order chi connectivity index (χ0) is 12.2. The van der Waals surface area contributed by atoms with Crippen LogP contribution in [0.2, 0.25) is 0 Å². The monoisotopic (exact) mass is 280 g/mol. The third-order valence-electron chi connectivity index (χ3n) is 7.21. The first-order chi connectivity index (χ1) is 8.78. The molecule has 0 spiro atoms. The van der Waals surface area contributed by atoms with Crippen molar-refractivity contribution in [3.8, 4) is 0 Å². The lowest BCUT2D eigenvalue weighted by Crippen LogP contribution is -2.46. The van der Waals surface area contributed by atoms with Gasteiger partial charge in [-0.3, -0.25) is 0 Å². The molecule has 0 aromatic heterocycles. The summed E-state index contributed by atoms with van der Waals surface area (Å²) in [6.07, 6.45) is 18.8. The summed E-state index contributed by atoms with van der Waals surface area (Å²) in [5.74, 6) is 5.46. The van der Waals surface area contributed by atoms with Crippen LogP contribution in [0.3, 0.4) is 0 Å². The lowest BCUT2D eigenvalue weighted by molar-refractivity contribution is -0.0399. The minimum absolute atomic E-state index is 0. The molecule has 6 atom stereocenters. The maximum absolute atomic E-state index is 2.57. The second kappa shape index (κ2) is 5.10. The minimum Gasteiger partial charge on any atom is -0.147 e. The van der Waals surface area contributed by atoms with E-state index in [1.54, 1.807) is 32.1 Å². The van der Waals surface area contributed by atoms with Gasteiger partial charge in [-0.2, -0.15) is 0 Å². The molecule has 4 rings (SSSR count). The molecule has 0 aromatic rings. The molecule has 4 aliphatic rings. The molecule has 0 saturated heterocycles. The van der Waals surface area contributed by atoms with Crippen LogP contribution in [0.15, 0.2) is 12.2 Å². The summed E-state index contributed by atoms with van der Waals surface area (Å²) >= 11 is 0. The molecular formula is C18H29Cl. The summed E-state index contributed by atoms with van der Waals surface area (Å²) in [6.45, 7) is 2.55. The van der Waals surface area contributed by atoms with Crippen LogP contribution in [-0.4, -0.2) is 0 Å². The molecule has 0 aromatic carbocycles. The molecule has 4 aliphatic carbocycles. The fraction of sp³-hybridized carbons (Fsp3) is 0.889. The number of rotatable bonds is 0. The smallest absolute Gasteiger partial charge is 0.0112 e. The van der Waals surface area contributed by atoms with Crippen LogP contribution < -0.4 is 0 Å². The van der Waals surface area contributed by atoms with Gasteiger partial charge in [0.1, 0.15) is 0 Å². The van der Waals surface area contributed by atoms with Crippen molar-refractivity contribution in [2.45, 2.75) is 64.7 Å². The van der Waals surface area contributed by atoms with Crippen molar-refractivity contribution >= 4 is 12.4 Å². The zero-order valence-electron chi connectivity index (χ0n) is 12.3. The van der Waals surface area contributed by atoms with Crippen molar-refractivity contribution in [1.29, 1.82) is 0 Å². The van der Waals surface area contributed by atoms with Gasteiger partial charge in [0.05, 0.1) is 0 Å². The first kappa shape index (κ1) is 14.0. The molecule has 0 amide bonds. The van der Waals surface area contributed by atoms with Crippen LogP contribution in [0.4, 0.5) is 0 Å². The second-order valence-electron chi connectivity index (χ2n) is 7.90. The van der Waals surface area contributed by atoms with Crippen molar-refractivity contribution in [2.75, 3.05) is 0 Å². The van der Waals surface area contributed by atoms with E-state index in [4.69, 9.17) is 0 Å². The van der Waals surface area contributed by atoms with Gasteiger partial charge < -0.3 is 0 Å². The highest BCUT2D eigenvalue weighted by atomic mass is 35.5. The number of halogens is 1. The van der Waals surface area contributed by atoms with Gasteiger partial charge in [0.25, 0.3) is 0 Å². The minimum atomic E-state index is 0. The van der Waals surface area contributed by atoms with E-state index >= 15 is 0 Å². The SMILES string of the molecule is C[C@@]12C=CC[C@H]1[C@@H]1CCC3CCCC[C@@H]3[C@H]1CC2.Cl. The summed E-state index contributed by atoms with van der Waals surface area (Å²) in [5.41, 5.74) is 0.586. The van der Waals surface area contributed by atoms with Crippen molar-refractivity contribution < 1.29 is 0 Å². The Balaban J connectivity index is 0.00000110. The molecule has 0 N–H and O–H groups in total. The average molecular weight is 281 g/mol. The molecule has 1 unspecified atom stereocenters. The Kier molecular flexibility index (Phi) is 3.75. The van der Waals surface area contributed by atoms with E-state index < -0.39 is 0 Å². The van der Waals surface area contributed by atoms with Gasteiger partial charge in [-0.25, -0.2) is 0 Å². The highest BCUT2D eigenvalue weighted by Crippen LogP contribution is 2.60. The van der Waals surface area contributed by atoms with Crippen LogP contribution >= 0.6 is 12.4 Å². The predicted molar refractivity (Wildman–Crippen MR) is 83.5 cm³/mol. The predicted octanol–water partition coefficient (Wildman–Crippen LogP) is 5.62. The van der Waals surface area contributed by atoms with Gasteiger partial charge >= 0.3 is 0 Å². The van der Waals surface area contributed by atoms with E-state index in [1.807, 2.05) is 0 Å². The standard InChI is InChI=1S/C18H28.ClH/c1-18-11-4-7-17(18)16-9-8-13-5-2-3-6-14(13)15(16)10-12-18;/h4,11,13-17H,2-3,5-10,12H2,1H3;1H/t13?,14-,15+,16+,17-,18-;/m0./s1. The van der Waals surface area contributed by atoms with Crippen molar-refractivity contribution in [3.63, 3.8) is 0 Å². The van der Waals surface area contributed by atoms with E-state index in [0.29, 0.717) is 5.41 Å². The van der Waals surface area contributed by atoms with Crippen molar-refractivity contribution in [3.05, 3.63) is 12.2 Å². The molecule has 0 nitrogen and oxygen atoms in total. The van der Waals surface area contributed by atoms with Crippen molar-refractivity contribution in [2.24, 2.45) is 35.0 Å². The molecule has 19 heavy (non-hydrogen) atoms. The molecule has 0 heterocycles. The molecule has 3 saturated carbocycles. The first-order valence-corrected chi connectivity index (χ1v) is 8.46. The molecule has 1 heteroatoms. The fourth-order valence-corrected chi connectivity index (χ4v) is 6.31. The van der Waals surface area contributed by atoms with Gasteiger partial charge in [-0.15, -0.1) is 12.4 Å². The largest absolute Gasteiger partial charge is 0.147 e. The lowest BCUT2D eigenvalue weighted by atomic mass is 9.51.